The summed E-state index contributed by atoms with van der Waals surface area (Å²) in [4.78, 5) is 23.9. The van der Waals surface area contributed by atoms with Crippen LogP contribution in [0.3, 0.4) is 0 Å². The van der Waals surface area contributed by atoms with Crippen molar-refractivity contribution in [1.29, 1.82) is 0 Å². The summed E-state index contributed by atoms with van der Waals surface area (Å²) in [6, 6.07) is 7.27. The minimum atomic E-state index is -0.682. The van der Waals surface area contributed by atoms with E-state index in [2.05, 4.69) is 10.6 Å². The molecule has 0 heterocycles. The van der Waals surface area contributed by atoms with Gasteiger partial charge in [0.25, 0.3) is 5.91 Å². The van der Waals surface area contributed by atoms with Crippen LogP contribution in [0.1, 0.15) is 18.4 Å². The zero-order valence-electron chi connectivity index (χ0n) is 16.6. The first-order valence-corrected chi connectivity index (χ1v) is 10.9. The molecule has 2 bridgehead atoms. The molecule has 0 aromatic heterocycles. The van der Waals surface area contributed by atoms with Crippen molar-refractivity contribution >= 4 is 11.8 Å². The van der Waals surface area contributed by atoms with Gasteiger partial charge in [-0.25, -0.2) is 0 Å². The first-order chi connectivity index (χ1) is 14.0. The van der Waals surface area contributed by atoms with Gasteiger partial charge in [0, 0.05) is 13.6 Å². The van der Waals surface area contributed by atoms with Crippen LogP contribution in [0.4, 0.5) is 0 Å². The third-order valence-electron chi connectivity index (χ3n) is 9.00. The molecule has 5 aliphatic carbocycles. The van der Waals surface area contributed by atoms with E-state index in [0.29, 0.717) is 30.0 Å². The highest BCUT2D eigenvalue weighted by molar-refractivity contribution is 5.79. The molecule has 5 fully saturated rings. The lowest BCUT2D eigenvalue weighted by molar-refractivity contribution is -0.137. The first kappa shape index (κ1) is 17.8. The molecule has 9 unspecified atom stereocenters. The molecule has 2 amide bonds. The molecule has 5 aliphatic rings. The van der Waals surface area contributed by atoms with Crippen LogP contribution in [-0.4, -0.2) is 42.7 Å². The molecule has 6 nitrogen and oxygen atoms in total. The lowest BCUT2D eigenvalue weighted by Gasteiger charge is -2.51. The number of hydrogen-bond acceptors (Lipinski definition) is 4. The molecule has 6 rings (SSSR count). The molecule has 1 aromatic carbocycles. The second kappa shape index (κ2) is 5.97. The third kappa shape index (κ3) is 2.26. The fourth-order valence-corrected chi connectivity index (χ4v) is 8.41. The number of amides is 2. The Kier molecular flexibility index (Phi) is 3.65. The number of ether oxygens (including phenoxy) is 1. The van der Waals surface area contributed by atoms with Crippen LogP contribution in [0.2, 0.25) is 0 Å². The molecule has 1 aromatic rings. The average molecular weight is 396 g/mol. The average Bonchev–Trinajstić information content (AvgIpc) is 3.24. The Labute approximate surface area is 170 Å². The van der Waals surface area contributed by atoms with Crippen LogP contribution >= 0.6 is 0 Å². The fraction of sp³-hybridized carbons (Fsp3) is 0.652. The summed E-state index contributed by atoms with van der Waals surface area (Å²) in [7, 11) is 1.56. The zero-order chi connectivity index (χ0) is 19.9. The van der Waals surface area contributed by atoms with Gasteiger partial charge in [-0.2, -0.15) is 0 Å². The summed E-state index contributed by atoms with van der Waals surface area (Å²) in [5.41, 5.74) is 0.154. The number of nitrogens with one attached hydrogen (secondary N) is 2. The SMILES string of the molecule is CNC(=O)COc1cccc(CC(=O)NCC2(O)C3C4CC5C6C4CC3C6C52)c1. The number of carbonyl (C=O) groups is 2. The van der Waals surface area contributed by atoms with E-state index in [1.165, 1.54) is 12.8 Å². The minimum absolute atomic E-state index is 0.0470. The van der Waals surface area contributed by atoms with Gasteiger partial charge >= 0.3 is 0 Å². The maximum atomic E-state index is 12.6. The van der Waals surface area contributed by atoms with Crippen LogP contribution in [0.15, 0.2) is 24.3 Å². The normalized spacial score (nSPS) is 44.1. The van der Waals surface area contributed by atoms with Gasteiger partial charge in [0.2, 0.25) is 5.91 Å². The van der Waals surface area contributed by atoms with Crippen LogP contribution in [-0.2, 0) is 16.0 Å². The maximum absolute atomic E-state index is 12.6. The lowest BCUT2D eigenvalue weighted by atomic mass is 9.56. The molecule has 0 aliphatic heterocycles. The predicted molar refractivity (Wildman–Crippen MR) is 105 cm³/mol. The fourth-order valence-electron chi connectivity index (χ4n) is 8.41. The van der Waals surface area contributed by atoms with Gasteiger partial charge < -0.3 is 20.5 Å². The van der Waals surface area contributed by atoms with E-state index in [1.807, 2.05) is 12.1 Å². The van der Waals surface area contributed by atoms with Crippen LogP contribution in [0.25, 0.3) is 0 Å². The maximum Gasteiger partial charge on any atom is 0.257 e. The highest BCUT2D eigenvalue weighted by Gasteiger charge is 2.84. The number of carbonyl (C=O) groups excluding carboxylic acids is 2. The molecule has 6 heteroatoms. The summed E-state index contributed by atoms with van der Waals surface area (Å²) in [5, 5.41) is 17.2. The van der Waals surface area contributed by atoms with Gasteiger partial charge in [-0.1, -0.05) is 12.1 Å². The second-order valence-electron chi connectivity index (χ2n) is 9.89. The smallest absolute Gasteiger partial charge is 0.257 e. The summed E-state index contributed by atoms with van der Waals surface area (Å²) < 4.78 is 5.45. The summed E-state index contributed by atoms with van der Waals surface area (Å²) in [6.45, 7) is 0.349. The van der Waals surface area contributed by atoms with Crippen molar-refractivity contribution < 1.29 is 19.4 Å². The van der Waals surface area contributed by atoms with Gasteiger partial charge in [-0.05, 0) is 77.9 Å². The second-order valence-corrected chi connectivity index (χ2v) is 9.89. The summed E-state index contributed by atoms with van der Waals surface area (Å²) in [6.07, 6.45) is 2.90. The topological polar surface area (TPSA) is 87.7 Å². The van der Waals surface area contributed by atoms with Gasteiger partial charge in [0.1, 0.15) is 5.75 Å². The number of fused-ring (bicyclic) bond motifs is 2. The van der Waals surface area contributed by atoms with Crippen LogP contribution in [0, 0.1) is 47.3 Å². The Morgan fingerprint density at radius 3 is 2.72 bits per heavy atom. The monoisotopic (exact) mass is 396 g/mol. The van der Waals surface area contributed by atoms with E-state index < -0.39 is 5.60 Å². The Balaban J connectivity index is 1.08. The Hall–Kier alpha value is -2.08. The summed E-state index contributed by atoms with van der Waals surface area (Å²) >= 11 is 0. The highest BCUT2D eigenvalue weighted by Crippen LogP contribution is 2.85. The van der Waals surface area contributed by atoms with Crippen molar-refractivity contribution in [3.63, 3.8) is 0 Å². The Morgan fingerprint density at radius 1 is 1.10 bits per heavy atom. The Bertz CT molecular complexity index is 881. The van der Waals surface area contributed by atoms with Gasteiger partial charge in [-0.15, -0.1) is 0 Å². The molecular weight excluding hydrogens is 368 g/mol. The molecule has 9 atom stereocenters. The van der Waals surface area contributed by atoms with Crippen LogP contribution in [0.5, 0.6) is 5.75 Å². The molecule has 3 N–H and O–H groups in total. The molecule has 5 saturated carbocycles. The van der Waals surface area contributed by atoms with Crippen LogP contribution < -0.4 is 15.4 Å². The van der Waals surface area contributed by atoms with Gasteiger partial charge in [0.05, 0.1) is 12.0 Å². The first-order valence-electron chi connectivity index (χ1n) is 10.9. The van der Waals surface area contributed by atoms with E-state index in [9.17, 15) is 14.7 Å². The number of aliphatic hydroxyl groups is 1. The van der Waals surface area contributed by atoms with Gasteiger partial charge in [-0.3, -0.25) is 9.59 Å². The van der Waals surface area contributed by atoms with Crippen molar-refractivity contribution in [3.05, 3.63) is 29.8 Å². The van der Waals surface area contributed by atoms with E-state index in [0.717, 1.165) is 35.2 Å². The van der Waals surface area contributed by atoms with E-state index >= 15 is 0 Å². The van der Waals surface area contributed by atoms with Gasteiger partial charge in [0.15, 0.2) is 6.61 Å². The molecule has 29 heavy (non-hydrogen) atoms. The number of rotatable bonds is 7. The van der Waals surface area contributed by atoms with Crippen molar-refractivity contribution in [2.45, 2.75) is 24.9 Å². The van der Waals surface area contributed by atoms with Crippen molar-refractivity contribution in [2.75, 3.05) is 20.2 Å². The zero-order valence-corrected chi connectivity index (χ0v) is 16.6. The minimum Gasteiger partial charge on any atom is -0.484 e. The molecule has 154 valence electrons. The highest BCUT2D eigenvalue weighted by atomic mass is 16.5. The largest absolute Gasteiger partial charge is 0.484 e. The molecule has 0 spiro atoms. The molecule has 0 radical (unpaired) electrons. The van der Waals surface area contributed by atoms with E-state index in [-0.39, 0.29) is 24.8 Å². The lowest BCUT2D eigenvalue weighted by Crippen LogP contribution is -2.59. The summed E-state index contributed by atoms with van der Waals surface area (Å²) in [5.74, 6) is 5.80. The van der Waals surface area contributed by atoms with E-state index in [1.54, 1.807) is 19.2 Å². The number of likely N-dealkylation sites (N-methyl/N-ethyl adjacent to an activating group) is 1. The van der Waals surface area contributed by atoms with E-state index in [4.69, 9.17) is 4.74 Å². The Morgan fingerprint density at radius 2 is 1.90 bits per heavy atom. The van der Waals surface area contributed by atoms with Crippen molar-refractivity contribution in [1.82, 2.24) is 10.6 Å². The molecular formula is C23H28N2O4. The number of hydrogen-bond donors (Lipinski definition) is 3. The predicted octanol–water partition coefficient (Wildman–Crippen LogP) is 0.979. The van der Waals surface area contributed by atoms with Crippen molar-refractivity contribution in [3.8, 4) is 5.75 Å². The number of benzene rings is 1. The standard InChI is InChI=1S/C23H28N2O4/c1-24-18(27)9-29-12-4-2-3-11(5-12)6-17(26)25-10-23(28)21-14-8-15-19-13(14)7-16(21)20(19)22(15)23/h2-5,13-16,19-22,28H,6-10H2,1H3,(H,24,27)(H,25,26). The quantitative estimate of drug-likeness (QED) is 0.641. The third-order valence-corrected chi connectivity index (χ3v) is 9.00. The molecule has 0 saturated heterocycles. The van der Waals surface area contributed by atoms with Crippen molar-refractivity contribution in [2.24, 2.45) is 47.3 Å².